The number of ether oxygens (including phenoxy) is 1. The number of para-hydroxylation sites is 1. The van der Waals surface area contributed by atoms with Crippen LogP contribution in [0, 0.1) is 11.3 Å². The summed E-state index contributed by atoms with van der Waals surface area (Å²) >= 11 is 1.24. The van der Waals surface area contributed by atoms with Crippen molar-refractivity contribution < 1.29 is 9.53 Å². The van der Waals surface area contributed by atoms with Crippen molar-refractivity contribution in [1.29, 1.82) is 5.26 Å². The molecule has 0 saturated heterocycles. The Bertz CT molecular complexity index is 810. The van der Waals surface area contributed by atoms with E-state index in [2.05, 4.69) is 9.97 Å². The minimum Gasteiger partial charge on any atom is -0.483 e. The molecule has 1 amide bonds. The molecular formula is C14H12N4O3S. The van der Waals surface area contributed by atoms with E-state index in [-0.39, 0.29) is 17.9 Å². The standard InChI is InChI=1S/C14H12N4O3S/c1-22-14-17-12(9(6-15)13(20)18-14)8-4-2-3-5-10(8)21-7-11(16)19/h2-5H,7H2,1H3,(H2,16,19)(H,17,18,20). The van der Waals surface area contributed by atoms with Crippen LogP contribution in [-0.4, -0.2) is 28.7 Å². The zero-order valence-corrected chi connectivity index (χ0v) is 12.4. The smallest absolute Gasteiger partial charge is 0.270 e. The largest absolute Gasteiger partial charge is 0.483 e. The Morgan fingerprint density at radius 1 is 1.50 bits per heavy atom. The van der Waals surface area contributed by atoms with E-state index in [9.17, 15) is 14.9 Å². The van der Waals surface area contributed by atoms with E-state index < -0.39 is 11.5 Å². The summed E-state index contributed by atoms with van der Waals surface area (Å²) in [6.07, 6.45) is 1.75. The van der Waals surface area contributed by atoms with E-state index in [1.807, 2.05) is 6.07 Å². The van der Waals surface area contributed by atoms with Gasteiger partial charge in [0, 0.05) is 5.56 Å². The van der Waals surface area contributed by atoms with E-state index >= 15 is 0 Å². The Morgan fingerprint density at radius 2 is 2.23 bits per heavy atom. The first-order valence-corrected chi connectivity index (χ1v) is 7.38. The summed E-state index contributed by atoms with van der Waals surface area (Å²) in [6.45, 7) is -0.308. The number of primary amides is 1. The fourth-order valence-electron chi connectivity index (χ4n) is 1.78. The topological polar surface area (TPSA) is 122 Å². The van der Waals surface area contributed by atoms with Gasteiger partial charge in [-0.25, -0.2) is 4.98 Å². The molecule has 0 aliphatic rings. The number of aromatic nitrogens is 2. The summed E-state index contributed by atoms with van der Waals surface area (Å²) in [4.78, 5) is 29.6. The van der Waals surface area contributed by atoms with Crippen molar-refractivity contribution in [2.24, 2.45) is 5.73 Å². The van der Waals surface area contributed by atoms with Crippen molar-refractivity contribution in [1.82, 2.24) is 9.97 Å². The lowest BCUT2D eigenvalue weighted by molar-refractivity contribution is -0.119. The van der Waals surface area contributed by atoms with Crippen molar-refractivity contribution in [2.75, 3.05) is 12.9 Å². The van der Waals surface area contributed by atoms with Gasteiger partial charge in [0.15, 0.2) is 11.8 Å². The average molecular weight is 316 g/mol. The van der Waals surface area contributed by atoms with Crippen LogP contribution in [0.3, 0.4) is 0 Å². The van der Waals surface area contributed by atoms with Crippen LogP contribution in [0.2, 0.25) is 0 Å². The van der Waals surface area contributed by atoms with Gasteiger partial charge in [-0.3, -0.25) is 9.59 Å². The van der Waals surface area contributed by atoms with Crippen LogP contribution in [0.15, 0.2) is 34.2 Å². The lowest BCUT2D eigenvalue weighted by Crippen LogP contribution is -2.20. The second-order valence-electron chi connectivity index (χ2n) is 4.16. The second kappa shape index (κ2) is 6.78. The molecule has 112 valence electrons. The molecule has 1 aromatic carbocycles. The number of nitriles is 1. The van der Waals surface area contributed by atoms with Crippen LogP contribution in [0.5, 0.6) is 5.75 Å². The molecule has 1 aromatic heterocycles. The van der Waals surface area contributed by atoms with Gasteiger partial charge in [-0.2, -0.15) is 5.26 Å². The number of nitrogens with zero attached hydrogens (tertiary/aromatic N) is 2. The molecule has 2 rings (SSSR count). The van der Waals surface area contributed by atoms with Crippen LogP contribution in [-0.2, 0) is 4.79 Å². The summed E-state index contributed by atoms with van der Waals surface area (Å²) in [5.41, 5.74) is 5.07. The van der Waals surface area contributed by atoms with E-state index in [0.29, 0.717) is 16.5 Å². The summed E-state index contributed by atoms with van der Waals surface area (Å²) in [7, 11) is 0. The van der Waals surface area contributed by atoms with Crippen molar-refractivity contribution in [3.63, 3.8) is 0 Å². The molecule has 0 saturated carbocycles. The SMILES string of the molecule is CSc1nc(-c2ccccc2OCC(N)=O)c(C#N)c(=O)[nH]1. The molecule has 0 aliphatic heterocycles. The molecule has 0 unspecified atom stereocenters. The van der Waals surface area contributed by atoms with Crippen molar-refractivity contribution in [3.05, 3.63) is 40.2 Å². The zero-order valence-electron chi connectivity index (χ0n) is 11.6. The monoisotopic (exact) mass is 316 g/mol. The van der Waals surface area contributed by atoms with E-state index in [1.165, 1.54) is 11.8 Å². The van der Waals surface area contributed by atoms with Crippen LogP contribution >= 0.6 is 11.8 Å². The lowest BCUT2D eigenvalue weighted by Gasteiger charge is -2.11. The zero-order chi connectivity index (χ0) is 16.1. The van der Waals surface area contributed by atoms with Gasteiger partial charge in [-0.1, -0.05) is 23.9 Å². The summed E-state index contributed by atoms with van der Waals surface area (Å²) in [6, 6.07) is 8.53. The van der Waals surface area contributed by atoms with Gasteiger partial charge in [0.1, 0.15) is 23.1 Å². The van der Waals surface area contributed by atoms with Gasteiger partial charge in [0.05, 0.1) is 0 Å². The molecule has 0 aliphatic carbocycles. The quantitative estimate of drug-likeness (QED) is 0.624. The van der Waals surface area contributed by atoms with Crippen molar-refractivity contribution in [3.8, 4) is 23.1 Å². The Morgan fingerprint density at radius 3 is 2.86 bits per heavy atom. The predicted molar refractivity (Wildman–Crippen MR) is 81.5 cm³/mol. The molecular weight excluding hydrogens is 304 g/mol. The van der Waals surface area contributed by atoms with Crippen LogP contribution in [0.25, 0.3) is 11.3 Å². The highest BCUT2D eigenvalue weighted by molar-refractivity contribution is 7.98. The molecule has 0 atom stereocenters. The maximum Gasteiger partial charge on any atom is 0.270 e. The number of carbonyl (C=O) groups is 1. The first-order chi connectivity index (χ1) is 10.6. The number of hydrogen-bond donors (Lipinski definition) is 2. The third kappa shape index (κ3) is 3.27. The first-order valence-electron chi connectivity index (χ1n) is 6.15. The minimum absolute atomic E-state index is 0.118. The Balaban J connectivity index is 2.61. The van der Waals surface area contributed by atoms with E-state index in [1.54, 1.807) is 30.5 Å². The van der Waals surface area contributed by atoms with Crippen LogP contribution in [0.4, 0.5) is 0 Å². The number of nitrogens with two attached hydrogens (primary N) is 1. The number of H-pyrrole nitrogens is 1. The summed E-state index contributed by atoms with van der Waals surface area (Å²) in [5.74, 6) is -0.304. The molecule has 7 nitrogen and oxygen atoms in total. The Labute approximate surface area is 130 Å². The number of aromatic amines is 1. The fourth-order valence-corrected chi connectivity index (χ4v) is 2.16. The first kappa shape index (κ1) is 15.6. The molecule has 8 heteroatoms. The molecule has 0 fully saturated rings. The number of carbonyl (C=O) groups excluding carboxylic acids is 1. The van der Waals surface area contributed by atoms with Gasteiger partial charge >= 0.3 is 0 Å². The molecule has 3 N–H and O–H groups in total. The second-order valence-corrected chi connectivity index (χ2v) is 4.96. The highest BCUT2D eigenvalue weighted by atomic mass is 32.2. The number of nitrogens with one attached hydrogen (secondary N) is 1. The number of benzene rings is 1. The van der Waals surface area contributed by atoms with Gasteiger partial charge < -0.3 is 15.5 Å². The predicted octanol–water partition coefficient (Wildman–Crippen LogP) is 0.895. The third-order valence-corrected chi connectivity index (χ3v) is 3.29. The molecule has 0 bridgehead atoms. The highest BCUT2D eigenvalue weighted by Crippen LogP contribution is 2.30. The number of hydrogen-bond acceptors (Lipinski definition) is 6. The maximum atomic E-state index is 12.0. The Hall–Kier alpha value is -2.79. The molecule has 1 heterocycles. The molecule has 0 spiro atoms. The molecule has 2 aromatic rings. The van der Waals surface area contributed by atoms with Crippen molar-refractivity contribution >= 4 is 17.7 Å². The number of thioether (sulfide) groups is 1. The van der Waals surface area contributed by atoms with Crippen LogP contribution < -0.4 is 16.0 Å². The van der Waals surface area contributed by atoms with E-state index in [0.717, 1.165) is 0 Å². The maximum absolute atomic E-state index is 12.0. The summed E-state index contributed by atoms with van der Waals surface area (Å²) < 4.78 is 5.32. The Kier molecular flexibility index (Phi) is 4.80. The lowest BCUT2D eigenvalue weighted by atomic mass is 10.1. The van der Waals surface area contributed by atoms with E-state index in [4.69, 9.17) is 10.5 Å². The highest BCUT2D eigenvalue weighted by Gasteiger charge is 2.17. The van der Waals surface area contributed by atoms with Gasteiger partial charge in [0.25, 0.3) is 11.5 Å². The molecule has 22 heavy (non-hydrogen) atoms. The summed E-state index contributed by atoms with van der Waals surface area (Å²) in [5, 5.41) is 9.58. The molecule has 0 radical (unpaired) electrons. The van der Waals surface area contributed by atoms with Gasteiger partial charge in [-0.15, -0.1) is 0 Å². The third-order valence-electron chi connectivity index (χ3n) is 2.71. The van der Waals surface area contributed by atoms with Crippen molar-refractivity contribution in [2.45, 2.75) is 5.16 Å². The number of rotatable bonds is 5. The number of amides is 1. The van der Waals surface area contributed by atoms with Gasteiger partial charge in [-0.05, 0) is 18.4 Å². The van der Waals surface area contributed by atoms with Crippen LogP contribution in [0.1, 0.15) is 5.56 Å². The average Bonchev–Trinajstić information content (AvgIpc) is 2.52. The minimum atomic E-state index is -0.626. The fraction of sp³-hybridized carbons (Fsp3) is 0.143. The normalized spacial score (nSPS) is 10.0. The van der Waals surface area contributed by atoms with Gasteiger partial charge in [0.2, 0.25) is 0 Å².